The van der Waals surface area contributed by atoms with Crippen LogP contribution in [0.3, 0.4) is 0 Å². The van der Waals surface area contributed by atoms with Gasteiger partial charge in [-0.15, -0.1) is 35.6 Å². The first-order chi connectivity index (χ1) is 18.1. The van der Waals surface area contributed by atoms with Crippen molar-refractivity contribution in [2.45, 2.75) is 34.1 Å². The van der Waals surface area contributed by atoms with Crippen molar-refractivity contribution in [2.75, 3.05) is 44.6 Å². The Bertz CT molecular complexity index is 1020. The number of ketones is 2. The van der Waals surface area contributed by atoms with E-state index in [0.29, 0.717) is 78.9 Å². The van der Waals surface area contributed by atoms with Crippen molar-refractivity contribution in [3.8, 4) is 11.5 Å². The molecule has 0 amide bonds. The molecule has 2 aromatic carbocycles. The van der Waals surface area contributed by atoms with Crippen molar-refractivity contribution < 1.29 is 19.1 Å². The fraction of sp³-hybridized carbons (Fsp3) is 0.484. The molecule has 0 bridgehead atoms. The Morgan fingerprint density at radius 1 is 0.795 bits per heavy atom. The van der Waals surface area contributed by atoms with E-state index in [1.807, 2.05) is 12.1 Å². The molecule has 0 aliphatic rings. The van der Waals surface area contributed by atoms with E-state index in [1.165, 1.54) is 0 Å². The van der Waals surface area contributed by atoms with Crippen LogP contribution in [0.5, 0.6) is 11.5 Å². The molecular weight excluding hydrogens is 557 g/mol. The first-order valence-corrected chi connectivity index (χ1v) is 14.3. The largest absolute Gasteiger partial charge is 0.493 e. The molecule has 0 fully saturated rings. The summed E-state index contributed by atoms with van der Waals surface area (Å²) < 4.78 is 11.5. The van der Waals surface area contributed by atoms with E-state index in [4.69, 9.17) is 32.7 Å². The molecule has 39 heavy (non-hydrogen) atoms. The van der Waals surface area contributed by atoms with Gasteiger partial charge < -0.3 is 14.4 Å². The van der Waals surface area contributed by atoms with Crippen LogP contribution in [-0.2, 0) is 0 Å². The number of benzene rings is 2. The van der Waals surface area contributed by atoms with Gasteiger partial charge >= 0.3 is 0 Å². The highest BCUT2D eigenvalue weighted by Crippen LogP contribution is 2.24. The van der Waals surface area contributed by atoms with Crippen molar-refractivity contribution in [3.63, 3.8) is 0 Å². The maximum Gasteiger partial charge on any atom is 0.188 e. The molecule has 0 aliphatic carbocycles. The van der Waals surface area contributed by atoms with Crippen LogP contribution < -0.4 is 9.47 Å². The van der Waals surface area contributed by atoms with E-state index in [9.17, 15) is 9.59 Å². The highest BCUT2D eigenvalue weighted by molar-refractivity contribution is 6.18. The van der Waals surface area contributed by atoms with E-state index in [1.54, 1.807) is 36.4 Å². The van der Waals surface area contributed by atoms with Gasteiger partial charge in [-0.3, -0.25) is 9.59 Å². The van der Waals surface area contributed by atoms with Crippen LogP contribution in [0.1, 0.15) is 54.8 Å². The van der Waals surface area contributed by atoms with Crippen LogP contribution in [0, 0.1) is 17.8 Å². The smallest absolute Gasteiger partial charge is 0.188 e. The Hall–Kier alpha value is -2.05. The van der Waals surface area contributed by atoms with Crippen LogP contribution in [-0.4, -0.2) is 61.1 Å². The monoisotopic (exact) mass is 597 g/mol. The van der Waals surface area contributed by atoms with E-state index < -0.39 is 5.92 Å². The molecule has 8 heteroatoms. The molecule has 0 aliphatic heterocycles. The molecule has 0 N–H and O–H groups in total. The molecule has 0 saturated heterocycles. The van der Waals surface area contributed by atoms with Crippen LogP contribution in [0.25, 0.3) is 0 Å². The summed E-state index contributed by atoms with van der Waals surface area (Å²) in [6.07, 6.45) is 0.232. The minimum Gasteiger partial charge on any atom is -0.493 e. The third-order valence-electron chi connectivity index (χ3n) is 5.89. The number of halogens is 3. The summed E-state index contributed by atoms with van der Waals surface area (Å²) in [5, 5.41) is 0. The second kappa shape index (κ2) is 18.3. The maximum atomic E-state index is 13.6. The summed E-state index contributed by atoms with van der Waals surface area (Å²) in [6, 6.07) is 14.2. The number of hydrogen-bond acceptors (Lipinski definition) is 5. The number of allylic oxidation sites excluding steroid dienone is 1. The van der Waals surface area contributed by atoms with Crippen LogP contribution in [0.15, 0.2) is 60.7 Å². The topological polar surface area (TPSA) is 55.8 Å². The number of carbonyl (C=O) groups is 2. The van der Waals surface area contributed by atoms with Crippen molar-refractivity contribution in [1.29, 1.82) is 0 Å². The van der Waals surface area contributed by atoms with Gasteiger partial charge in [-0.05, 0) is 72.4 Å². The molecule has 0 spiro atoms. The first-order valence-electron chi connectivity index (χ1n) is 13.2. The van der Waals surface area contributed by atoms with Crippen LogP contribution in [0.4, 0.5) is 0 Å². The summed E-state index contributed by atoms with van der Waals surface area (Å²) in [7, 11) is 0. The standard InChI is InChI=1S/C31H41Cl2NO4.ClH/c1-22(2)20-37-28-10-6-25(7-11-28)30(35)24(5)18-27(19-34(16-14-32)17-15-33)31(36)26-8-12-29(13-9-26)38-21-23(3)4;/h6-13,22-23,27H,5,14-21H2,1-4H3;1H. The van der Waals surface area contributed by atoms with Crippen molar-refractivity contribution in [3.05, 3.63) is 71.8 Å². The summed E-state index contributed by atoms with van der Waals surface area (Å²) in [6.45, 7) is 15.2. The average molecular weight is 599 g/mol. The lowest BCUT2D eigenvalue weighted by atomic mass is 9.88. The lowest BCUT2D eigenvalue weighted by molar-refractivity contribution is 0.0880. The number of alkyl halides is 2. The number of nitrogens with zero attached hydrogens (tertiary/aromatic N) is 1. The minimum absolute atomic E-state index is 0. The Labute approximate surface area is 250 Å². The van der Waals surface area contributed by atoms with Crippen molar-refractivity contribution in [1.82, 2.24) is 4.90 Å². The fourth-order valence-electron chi connectivity index (χ4n) is 3.86. The summed E-state index contributed by atoms with van der Waals surface area (Å²) >= 11 is 12.0. The SMILES string of the molecule is C=C(CC(CN(CCCl)CCCl)C(=O)c1ccc(OCC(C)C)cc1)C(=O)c1ccc(OCC(C)C)cc1.Cl. The molecule has 1 unspecified atom stereocenters. The molecule has 2 rings (SSSR count). The molecule has 5 nitrogen and oxygen atoms in total. The minimum atomic E-state index is -0.478. The summed E-state index contributed by atoms with van der Waals surface area (Å²) in [4.78, 5) is 28.9. The highest BCUT2D eigenvalue weighted by Gasteiger charge is 2.26. The number of Topliss-reactive ketones (excluding diaryl/α,β-unsaturated/α-hetero) is 2. The zero-order valence-electron chi connectivity index (χ0n) is 23.5. The van der Waals surface area contributed by atoms with Crippen LogP contribution >= 0.6 is 35.6 Å². The lowest BCUT2D eigenvalue weighted by Crippen LogP contribution is -2.36. The maximum absolute atomic E-state index is 13.6. The third kappa shape index (κ3) is 12.3. The van der Waals surface area contributed by atoms with Gasteiger partial charge in [-0.1, -0.05) is 34.3 Å². The Balaban J connectivity index is 0.00000760. The van der Waals surface area contributed by atoms with E-state index in [0.717, 1.165) is 5.75 Å². The van der Waals surface area contributed by atoms with Gasteiger partial charge in [0, 0.05) is 48.4 Å². The fourth-order valence-corrected chi connectivity index (χ4v) is 4.34. The van der Waals surface area contributed by atoms with Gasteiger partial charge in [0.1, 0.15) is 11.5 Å². The van der Waals surface area contributed by atoms with Crippen molar-refractivity contribution >= 4 is 47.2 Å². The van der Waals surface area contributed by atoms with E-state index >= 15 is 0 Å². The predicted molar refractivity (Wildman–Crippen MR) is 165 cm³/mol. The van der Waals surface area contributed by atoms with Gasteiger partial charge in [-0.2, -0.15) is 0 Å². The van der Waals surface area contributed by atoms with E-state index in [2.05, 4.69) is 39.2 Å². The number of hydrogen-bond donors (Lipinski definition) is 0. The number of ether oxygens (including phenoxy) is 2. The second-order valence-electron chi connectivity index (χ2n) is 10.3. The summed E-state index contributed by atoms with van der Waals surface area (Å²) in [5.41, 5.74) is 1.46. The van der Waals surface area contributed by atoms with Gasteiger partial charge in [0.15, 0.2) is 11.6 Å². The van der Waals surface area contributed by atoms with Gasteiger partial charge in [-0.25, -0.2) is 0 Å². The van der Waals surface area contributed by atoms with E-state index in [-0.39, 0.29) is 30.4 Å². The normalized spacial score (nSPS) is 11.8. The van der Waals surface area contributed by atoms with Gasteiger partial charge in [0.05, 0.1) is 13.2 Å². The number of rotatable bonds is 18. The third-order valence-corrected chi connectivity index (χ3v) is 6.22. The molecule has 0 saturated carbocycles. The lowest BCUT2D eigenvalue weighted by Gasteiger charge is -2.26. The zero-order valence-corrected chi connectivity index (χ0v) is 25.8. The molecule has 216 valence electrons. The first kappa shape index (κ1) is 35.0. The molecular formula is C31H42Cl3NO4. The van der Waals surface area contributed by atoms with Crippen molar-refractivity contribution in [2.24, 2.45) is 17.8 Å². The Morgan fingerprint density at radius 2 is 1.23 bits per heavy atom. The molecule has 0 heterocycles. The quantitative estimate of drug-likeness (QED) is 0.101. The summed E-state index contributed by atoms with van der Waals surface area (Å²) in [5.74, 6) is 2.38. The second-order valence-corrected chi connectivity index (χ2v) is 11.1. The Kier molecular flexibility index (Phi) is 16.4. The average Bonchev–Trinajstić information content (AvgIpc) is 2.90. The van der Waals surface area contributed by atoms with Gasteiger partial charge in [0.2, 0.25) is 0 Å². The Morgan fingerprint density at radius 3 is 1.64 bits per heavy atom. The van der Waals surface area contributed by atoms with Crippen LogP contribution in [0.2, 0.25) is 0 Å². The van der Waals surface area contributed by atoms with Gasteiger partial charge in [0.25, 0.3) is 0 Å². The molecule has 2 aromatic rings. The highest BCUT2D eigenvalue weighted by atomic mass is 35.5. The molecule has 1 atom stereocenters. The molecule has 0 radical (unpaired) electrons. The zero-order chi connectivity index (χ0) is 28.1. The number of carbonyl (C=O) groups excluding carboxylic acids is 2. The molecule has 0 aromatic heterocycles. The predicted octanol–water partition coefficient (Wildman–Crippen LogP) is 7.59.